The monoisotopic (exact) mass is 313 g/mol. The summed E-state index contributed by atoms with van der Waals surface area (Å²) in [6.45, 7) is 9.67. The van der Waals surface area contributed by atoms with Crippen molar-refractivity contribution in [1.29, 1.82) is 0 Å². The molecule has 1 aromatic heterocycles. The average molecular weight is 313 g/mol. The first-order chi connectivity index (χ1) is 11.1. The smallest absolute Gasteiger partial charge is 0.132 e. The van der Waals surface area contributed by atoms with Crippen LogP contribution in [0.4, 0.5) is 5.82 Å². The number of ether oxygens (including phenoxy) is 1. The molecule has 0 unspecified atom stereocenters. The molecular weight excluding hydrogens is 286 g/mol. The van der Waals surface area contributed by atoms with E-state index < -0.39 is 0 Å². The number of rotatable bonds is 8. The van der Waals surface area contributed by atoms with Crippen LogP contribution < -0.4 is 10.1 Å². The molecule has 23 heavy (non-hydrogen) atoms. The summed E-state index contributed by atoms with van der Waals surface area (Å²) in [6.07, 6.45) is 5.20. The fourth-order valence-corrected chi connectivity index (χ4v) is 2.46. The van der Waals surface area contributed by atoms with E-state index >= 15 is 0 Å². The highest BCUT2D eigenvalue weighted by molar-refractivity contribution is 5.44. The second-order valence-corrected chi connectivity index (χ2v) is 5.91. The maximum atomic E-state index is 5.88. The zero-order valence-corrected chi connectivity index (χ0v) is 14.6. The van der Waals surface area contributed by atoms with Gasteiger partial charge in [0.2, 0.25) is 0 Å². The third-order valence-corrected chi connectivity index (χ3v) is 4.05. The van der Waals surface area contributed by atoms with Crippen LogP contribution in [-0.4, -0.2) is 23.1 Å². The van der Waals surface area contributed by atoms with Gasteiger partial charge in [-0.25, -0.2) is 9.97 Å². The number of nitrogens with zero attached hydrogens (tertiary/aromatic N) is 2. The molecular formula is C19H27N3O. The Kier molecular flexibility index (Phi) is 6.39. The van der Waals surface area contributed by atoms with Crippen molar-refractivity contribution in [2.75, 3.05) is 18.5 Å². The second kappa shape index (κ2) is 8.51. The van der Waals surface area contributed by atoms with Gasteiger partial charge in [0.1, 0.15) is 24.5 Å². The zero-order chi connectivity index (χ0) is 16.7. The Morgan fingerprint density at radius 2 is 1.96 bits per heavy atom. The molecule has 4 nitrogen and oxygen atoms in total. The maximum absolute atomic E-state index is 5.88. The molecule has 0 fully saturated rings. The van der Waals surface area contributed by atoms with Crippen molar-refractivity contribution in [3.05, 3.63) is 46.9 Å². The average Bonchev–Trinajstić information content (AvgIpc) is 2.54. The van der Waals surface area contributed by atoms with Gasteiger partial charge in [0, 0.05) is 11.3 Å². The SMILES string of the molecule is CCCCc1ccc(OCCNc2ncnc(C)c2C)c(C)c1. The van der Waals surface area contributed by atoms with Crippen molar-refractivity contribution in [1.82, 2.24) is 9.97 Å². The number of aromatic nitrogens is 2. The fraction of sp³-hybridized carbons (Fsp3) is 0.474. The van der Waals surface area contributed by atoms with Crippen LogP contribution in [0.3, 0.4) is 0 Å². The van der Waals surface area contributed by atoms with Gasteiger partial charge in [0.05, 0.1) is 6.54 Å². The first-order valence-corrected chi connectivity index (χ1v) is 8.36. The summed E-state index contributed by atoms with van der Waals surface area (Å²) in [5.41, 5.74) is 4.68. The topological polar surface area (TPSA) is 47.0 Å². The Bertz CT molecular complexity index is 641. The van der Waals surface area contributed by atoms with Gasteiger partial charge in [-0.05, 0) is 50.8 Å². The number of unbranched alkanes of at least 4 members (excludes halogenated alkanes) is 1. The van der Waals surface area contributed by atoms with E-state index in [0.717, 1.165) is 29.2 Å². The molecule has 2 rings (SSSR count). The van der Waals surface area contributed by atoms with Gasteiger partial charge in [-0.2, -0.15) is 0 Å². The van der Waals surface area contributed by atoms with Crippen molar-refractivity contribution in [2.24, 2.45) is 0 Å². The van der Waals surface area contributed by atoms with Gasteiger partial charge < -0.3 is 10.1 Å². The Labute approximate surface area is 139 Å². The molecule has 0 saturated carbocycles. The molecule has 0 saturated heterocycles. The molecule has 1 N–H and O–H groups in total. The van der Waals surface area contributed by atoms with E-state index in [1.807, 2.05) is 13.8 Å². The fourth-order valence-electron chi connectivity index (χ4n) is 2.46. The normalized spacial score (nSPS) is 10.6. The number of hydrogen-bond acceptors (Lipinski definition) is 4. The molecule has 1 aromatic carbocycles. The van der Waals surface area contributed by atoms with E-state index in [9.17, 15) is 0 Å². The van der Waals surface area contributed by atoms with Crippen LogP contribution in [0.1, 0.15) is 42.1 Å². The predicted molar refractivity (Wildman–Crippen MR) is 95.3 cm³/mol. The number of nitrogens with one attached hydrogen (secondary N) is 1. The van der Waals surface area contributed by atoms with E-state index in [0.29, 0.717) is 13.2 Å². The molecule has 124 valence electrons. The van der Waals surface area contributed by atoms with E-state index in [4.69, 9.17) is 4.74 Å². The molecule has 0 radical (unpaired) electrons. The molecule has 0 aliphatic heterocycles. The summed E-state index contributed by atoms with van der Waals surface area (Å²) in [5.74, 6) is 1.84. The summed E-state index contributed by atoms with van der Waals surface area (Å²) in [7, 11) is 0. The molecule has 2 aromatic rings. The molecule has 0 aliphatic carbocycles. The van der Waals surface area contributed by atoms with Crippen molar-refractivity contribution >= 4 is 5.82 Å². The molecule has 0 amide bonds. The van der Waals surface area contributed by atoms with Crippen LogP contribution in [0, 0.1) is 20.8 Å². The number of aryl methyl sites for hydroxylation is 3. The molecule has 1 heterocycles. The van der Waals surface area contributed by atoms with Crippen LogP contribution in [0.5, 0.6) is 5.75 Å². The standard InChI is InChI=1S/C19H27N3O/c1-5-6-7-17-8-9-18(14(2)12-17)23-11-10-20-19-15(3)16(4)21-13-22-19/h8-9,12-13H,5-7,10-11H2,1-4H3,(H,20,21,22). The third-order valence-electron chi connectivity index (χ3n) is 4.05. The Balaban J connectivity index is 1.83. The second-order valence-electron chi connectivity index (χ2n) is 5.91. The maximum Gasteiger partial charge on any atom is 0.132 e. The Hall–Kier alpha value is -2.10. The van der Waals surface area contributed by atoms with Gasteiger partial charge in [-0.1, -0.05) is 25.5 Å². The van der Waals surface area contributed by atoms with E-state index in [1.165, 1.54) is 24.0 Å². The minimum absolute atomic E-state index is 0.609. The largest absolute Gasteiger partial charge is 0.491 e. The lowest BCUT2D eigenvalue weighted by Gasteiger charge is -2.12. The lowest BCUT2D eigenvalue weighted by Crippen LogP contribution is -2.14. The van der Waals surface area contributed by atoms with Crippen LogP contribution in [0.25, 0.3) is 0 Å². The van der Waals surface area contributed by atoms with Gasteiger partial charge >= 0.3 is 0 Å². The minimum atomic E-state index is 0.609. The molecule has 0 bridgehead atoms. The minimum Gasteiger partial charge on any atom is -0.491 e. The molecule has 0 atom stereocenters. The summed E-state index contributed by atoms with van der Waals surface area (Å²) < 4.78 is 5.88. The molecule has 0 aliphatic rings. The lowest BCUT2D eigenvalue weighted by molar-refractivity contribution is 0.330. The first-order valence-electron chi connectivity index (χ1n) is 8.36. The third kappa shape index (κ3) is 4.95. The summed E-state index contributed by atoms with van der Waals surface area (Å²) >= 11 is 0. The quantitative estimate of drug-likeness (QED) is 0.741. The van der Waals surface area contributed by atoms with Crippen molar-refractivity contribution in [2.45, 2.75) is 47.0 Å². The van der Waals surface area contributed by atoms with E-state index in [2.05, 4.69) is 47.3 Å². The Morgan fingerprint density at radius 1 is 1.13 bits per heavy atom. The Morgan fingerprint density at radius 3 is 2.70 bits per heavy atom. The first kappa shape index (κ1) is 17.3. The number of hydrogen-bond donors (Lipinski definition) is 1. The predicted octanol–water partition coefficient (Wildman–Crippen LogP) is 4.24. The molecule has 0 spiro atoms. The summed E-state index contributed by atoms with van der Waals surface area (Å²) in [4.78, 5) is 8.44. The van der Waals surface area contributed by atoms with Crippen molar-refractivity contribution in [3.63, 3.8) is 0 Å². The zero-order valence-electron chi connectivity index (χ0n) is 14.6. The number of benzene rings is 1. The van der Waals surface area contributed by atoms with Crippen molar-refractivity contribution < 1.29 is 4.74 Å². The van der Waals surface area contributed by atoms with Gasteiger partial charge in [-0.3, -0.25) is 0 Å². The summed E-state index contributed by atoms with van der Waals surface area (Å²) in [6, 6.07) is 6.49. The lowest BCUT2D eigenvalue weighted by atomic mass is 10.1. The van der Waals surface area contributed by atoms with Crippen LogP contribution >= 0.6 is 0 Å². The van der Waals surface area contributed by atoms with E-state index in [1.54, 1.807) is 6.33 Å². The molecule has 4 heteroatoms. The number of anilines is 1. The van der Waals surface area contributed by atoms with Gasteiger partial charge in [-0.15, -0.1) is 0 Å². The van der Waals surface area contributed by atoms with Crippen LogP contribution in [-0.2, 0) is 6.42 Å². The van der Waals surface area contributed by atoms with Gasteiger partial charge in [0.25, 0.3) is 0 Å². The summed E-state index contributed by atoms with van der Waals surface area (Å²) in [5, 5.41) is 3.31. The van der Waals surface area contributed by atoms with Crippen LogP contribution in [0.15, 0.2) is 24.5 Å². The highest BCUT2D eigenvalue weighted by Crippen LogP contribution is 2.20. The van der Waals surface area contributed by atoms with Crippen molar-refractivity contribution in [3.8, 4) is 5.75 Å². The van der Waals surface area contributed by atoms with E-state index in [-0.39, 0.29) is 0 Å². The highest BCUT2D eigenvalue weighted by Gasteiger charge is 2.04. The van der Waals surface area contributed by atoms with Crippen LogP contribution in [0.2, 0.25) is 0 Å². The van der Waals surface area contributed by atoms with Gasteiger partial charge in [0.15, 0.2) is 0 Å². The highest BCUT2D eigenvalue weighted by atomic mass is 16.5.